The van der Waals surface area contributed by atoms with E-state index in [1.165, 1.54) is 0 Å². The van der Waals surface area contributed by atoms with Gasteiger partial charge in [0.15, 0.2) is 5.65 Å². The van der Waals surface area contributed by atoms with E-state index in [1.54, 1.807) is 12.4 Å². The van der Waals surface area contributed by atoms with E-state index in [4.69, 9.17) is 16.3 Å². The molecule has 3 heterocycles. The summed E-state index contributed by atoms with van der Waals surface area (Å²) in [6.45, 7) is 3.84. The highest BCUT2D eigenvalue weighted by Crippen LogP contribution is 2.28. The summed E-state index contributed by atoms with van der Waals surface area (Å²) in [4.78, 5) is 8.55. The molecule has 2 aromatic heterocycles. The fraction of sp³-hybridized carbons (Fsp3) is 0.583. The number of rotatable bonds is 2. The molecule has 0 spiro atoms. The van der Waals surface area contributed by atoms with E-state index in [0.29, 0.717) is 17.1 Å². The van der Waals surface area contributed by atoms with Gasteiger partial charge in [-0.2, -0.15) is 5.10 Å². The lowest BCUT2D eigenvalue weighted by molar-refractivity contribution is 0.0501. The van der Waals surface area contributed by atoms with Crippen LogP contribution in [0.2, 0.25) is 5.15 Å². The van der Waals surface area contributed by atoms with Crippen molar-refractivity contribution in [3.8, 4) is 0 Å². The molecule has 1 aliphatic heterocycles. The van der Waals surface area contributed by atoms with E-state index in [1.807, 2.05) is 4.68 Å². The zero-order valence-corrected chi connectivity index (χ0v) is 11.0. The van der Waals surface area contributed by atoms with Crippen molar-refractivity contribution in [1.29, 1.82) is 0 Å². The van der Waals surface area contributed by atoms with E-state index in [2.05, 4.69) is 22.0 Å². The predicted octanol–water partition coefficient (Wildman–Crippen LogP) is 2.47. The molecule has 5 nitrogen and oxygen atoms in total. The number of hydrogen-bond donors (Lipinski definition) is 0. The Morgan fingerprint density at radius 3 is 2.94 bits per heavy atom. The Morgan fingerprint density at radius 1 is 1.39 bits per heavy atom. The standard InChI is InChI=1S/C12H15ClN4O/c1-8(9-2-4-18-5-3-9)17-12-10(6-15-17)14-7-11(13)16-12/h6-9H,2-5H2,1H3/t8-/m1/s1. The van der Waals surface area contributed by atoms with E-state index >= 15 is 0 Å². The monoisotopic (exact) mass is 266 g/mol. The second kappa shape index (κ2) is 4.82. The molecule has 0 radical (unpaired) electrons. The Balaban J connectivity index is 1.95. The van der Waals surface area contributed by atoms with Crippen LogP contribution in [0.15, 0.2) is 12.4 Å². The second-order valence-electron chi connectivity index (χ2n) is 4.68. The predicted molar refractivity (Wildman–Crippen MR) is 68.6 cm³/mol. The summed E-state index contributed by atoms with van der Waals surface area (Å²) in [5, 5.41) is 4.81. The fourth-order valence-electron chi connectivity index (χ4n) is 2.50. The lowest BCUT2D eigenvalue weighted by Crippen LogP contribution is -2.24. The van der Waals surface area contributed by atoms with Gasteiger partial charge in [0.1, 0.15) is 10.7 Å². The van der Waals surface area contributed by atoms with Crippen molar-refractivity contribution < 1.29 is 4.74 Å². The number of nitrogens with zero attached hydrogens (tertiary/aromatic N) is 4. The molecule has 2 aromatic rings. The van der Waals surface area contributed by atoms with Gasteiger partial charge in [-0.1, -0.05) is 11.6 Å². The third kappa shape index (κ3) is 2.08. The van der Waals surface area contributed by atoms with Gasteiger partial charge in [-0.15, -0.1) is 0 Å². The van der Waals surface area contributed by atoms with Gasteiger partial charge < -0.3 is 4.74 Å². The Kier molecular flexibility index (Phi) is 3.18. The van der Waals surface area contributed by atoms with Crippen molar-refractivity contribution in [1.82, 2.24) is 19.7 Å². The summed E-state index contributed by atoms with van der Waals surface area (Å²) >= 11 is 5.90. The van der Waals surface area contributed by atoms with Crippen LogP contribution in [0.4, 0.5) is 0 Å². The minimum absolute atomic E-state index is 0.291. The minimum Gasteiger partial charge on any atom is -0.381 e. The summed E-state index contributed by atoms with van der Waals surface area (Å²) in [6, 6.07) is 0.291. The molecular formula is C12H15ClN4O. The third-order valence-electron chi connectivity index (χ3n) is 3.61. The zero-order valence-electron chi connectivity index (χ0n) is 10.2. The molecule has 1 aliphatic rings. The molecule has 0 amide bonds. The summed E-state index contributed by atoms with van der Waals surface area (Å²) in [5.41, 5.74) is 1.56. The highest BCUT2D eigenvalue weighted by atomic mass is 35.5. The molecule has 0 saturated carbocycles. The SMILES string of the molecule is C[C@H](C1CCOCC1)n1ncc2ncc(Cl)nc21. The molecule has 6 heteroatoms. The first-order valence-corrected chi connectivity index (χ1v) is 6.57. The molecule has 1 saturated heterocycles. The van der Waals surface area contributed by atoms with Gasteiger partial charge in [-0.05, 0) is 25.7 Å². The van der Waals surface area contributed by atoms with Crippen LogP contribution in [0.25, 0.3) is 11.2 Å². The second-order valence-corrected chi connectivity index (χ2v) is 5.07. The van der Waals surface area contributed by atoms with Crippen LogP contribution < -0.4 is 0 Å². The van der Waals surface area contributed by atoms with Crippen molar-refractivity contribution in [2.75, 3.05) is 13.2 Å². The minimum atomic E-state index is 0.291. The van der Waals surface area contributed by atoms with E-state index in [-0.39, 0.29) is 0 Å². The van der Waals surface area contributed by atoms with Crippen molar-refractivity contribution >= 4 is 22.8 Å². The summed E-state index contributed by atoms with van der Waals surface area (Å²) in [5.74, 6) is 0.572. The summed E-state index contributed by atoms with van der Waals surface area (Å²) < 4.78 is 7.33. The lowest BCUT2D eigenvalue weighted by Gasteiger charge is -2.27. The topological polar surface area (TPSA) is 52.8 Å². The van der Waals surface area contributed by atoms with Gasteiger partial charge >= 0.3 is 0 Å². The molecule has 0 bridgehead atoms. The number of halogens is 1. The van der Waals surface area contributed by atoms with Crippen molar-refractivity contribution in [3.63, 3.8) is 0 Å². The number of fused-ring (bicyclic) bond motifs is 1. The van der Waals surface area contributed by atoms with Gasteiger partial charge in [-0.3, -0.25) is 0 Å². The number of hydrogen-bond acceptors (Lipinski definition) is 4. The molecule has 1 atom stereocenters. The third-order valence-corrected chi connectivity index (χ3v) is 3.79. The van der Waals surface area contributed by atoms with Crippen molar-refractivity contribution in [2.24, 2.45) is 5.92 Å². The van der Waals surface area contributed by atoms with Gasteiger partial charge in [0.25, 0.3) is 0 Å². The smallest absolute Gasteiger partial charge is 0.178 e. The number of ether oxygens (including phenoxy) is 1. The summed E-state index contributed by atoms with van der Waals surface area (Å²) in [7, 11) is 0. The van der Waals surface area contributed by atoms with Crippen LogP contribution in [0.5, 0.6) is 0 Å². The molecule has 3 rings (SSSR count). The van der Waals surface area contributed by atoms with Gasteiger partial charge in [0.05, 0.1) is 18.4 Å². The Bertz CT molecular complexity index is 550. The van der Waals surface area contributed by atoms with E-state index in [0.717, 1.165) is 37.2 Å². The Hall–Kier alpha value is -1.20. The van der Waals surface area contributed by atoms with E-state index in [9.17, 15) is 0 Å². The van der Waals surface area contributed by atoms with E-state index < -0.39 is 0 Å². The molecule has 0 aliphatic carbocycles. The van der Waals surface area contributed by atoms with Crippen molar-refractivity contribution in [3.05, 3.63) is 17.5 Å². The average Bonchev–Trinajstić information content (AvgIpc) is 2.82. The van der Waals surface area contributed by atoms with Crippen LogP contribution in [0, 0.1) is 5.92 Å². The molecule has 0 unspecified atom stereocenters. The zero-order chi connectivity index (χ0) is 12.5. The van der Waals surface area contributed by atoms with Crippen LogP contribution in [0.1, 0.15) is 25.8 Å². The van der Waals surface area contributed by atoms with Crippen LogP contribution in [-0.4, -0.2) is 33.0 Å². The van der Waals surface area contributed by atoms with Gasteiger partial charge in [-0.25, -0.2) is 14.6 Å². The maximum Gasteiger partial charge on any atom is 0.178 e. The quantitative estimate of drug-likeness (QED) is 0.838. The number of aromatic nitrogens is 4. The first-order chi connectivity index (χ1) is 8.75. The Morgan fingerprint density at radius 2 is 2.17 bits per heavy atom. The highest BCUT2D eigenvalue weighted by molar-refractivity contribution is 6.29. The van der Waals surface area contributed by atoms with Crippen LogP contribution >= 0.6 is 11.6 Å². The maximum atomic E-state index is 5.90. The maximum absolute atomic E-state index is 5.90. The van der Waals surface area contributed by atoms with Gasteiger partial charge in [0.2, 0.25) is 0 Å². The Labute approximate surface area is 110 Å². The lowest BCUT2D eigenvalue weighted by atomic mass is 9.93. The molecule has 96 valence electrons. The first-order valence-electron chi connectivity index (χ1n) is 6.19. The molecule has 18 heavy (non-hydrogen) atoms. The van der Waals surface area contributed by atoms with Gasteiger partial charge in [0, 0.05) is 13.2 Å². The first kappa shape index (κ1) is 11.9. The molecule has 0 N–H and O–H groups in total. The van der Waals surface area contributed by atoms with Crippen LogP contribution in [0.3, 0.4) is 0 Å². The summed E-state index contributed by atoms with van der Waals surface area (Å²) in [6.07, 6.45) is 5.43. The highest BCUT2D eigenvalue weighted by Gasteiger charge is 2.24. The van der Waals surface area contributed by atoms with Crippen LogP contribution in [-0.2, 0) is 4.74 Å². The normalized spacial score (nSPS) is 19.2. The fourth-order valence-corrected chi connectivity index (χ4v) is 2.62. The molecular weight excluding hydrogens is 252 g/mol. The largest absolute Gasteiger partial charge is 0.381 e. The molecule has 1 fully saturated rings. The molecule has 0 aromatic carbocycles. The van der Waals surface area contributed by atoms with Crippen molar-refractivity contribution in [2.45, 2.75) is 25.8 Å². The average molecular weight is 267 g/mol.